The zero-order valence-electron chi connectivity index (χ0n) is 13.8. The fraction of sp³-hybridized carbons (Fsp3) is 0.412. The molecule has 0 radical (unpaired) electrons. The molecule has 3 rings (SSSR count). The van der Waals surface area contributed by atoms with E-state index in [1.165, 1.54) is 11.0 Å². The summed E-state index contributed by atoms with van der Waals surface area (Å²) in [5.74, 6) is -0.0729. The van der Waals surface area contributed by atoms with Gasteiger partial charge in [-0.1, -0.05) is 26.0 Å². The minimum atomic E-state index is -0.783. The van der Waals surface area contributed by atoms with Gasteiger partial charge < -0.3 is 10.2 Å². The number of allylic oxidation sites excluding steroid dienone is 1. The van der Waals surface area contributed by atoms with Gasteiger partial charge in [-0.25, -0.2) is 4.79 Å². The van der Waals surface area contributed by atoms with Crippen LogP contribution in [0.25, 0.3) is 0 Å². The Hall–Kier alpha value is -2.70. The topological polar surface area (TPSA) is 92.6 Å². The Bertz CT molecular complexity index is 782. The number of amides is 2. The van der Waals surface area contributed by atoms with Gasteiger partial charge in [0.2, 0.25) is 0 Å². The van der Waals surface area contributed by atoms with E-state index in [2.05, 4.69) is 5.32 Å². The first-order valence-corrected chi connectivity index (χ1v) is 7.75. The Labute approximate surface area is 139 Å². The Morgan fingerprint density at radius 2 is 1.92 bits per heavy atom. The summed E-state index contributed by atoms with van der Waals surface area (Å²) in [4.78, 5) is 37.4. The first-order valence-electron chi connectivity index (χ1n) is 7.75. The molecule has 0 saturated heterocycles. The third-order valence-corrected chi connectivity index (χ3v) is 4.61. The Kier molecular flexibility index (Phi) is 3.66. The van der Waals surface area contributed by atoms with Crippen LogP contribution in [0.5, 0.6) is 0 Å². The maximum atomic E-state index is 12.8. The molecule has 24 heavy (non-hydrogen) atoms. The summed E-state index contributed by atoms with van der Waals surface area (Å²) in [6.45, 7) is 3.96. The molecule has 0 bridgehead atoms. The van der Waals surface area contributed by atoms with Crippen molar-refractivity contribution in [2.24, 2.45) is 5.41 Å². The van der Waals surface area contributed by atoms with Crippen LogP contribution in [-0.2, 0) is 4.79 Å². The lowest BCUT2D eigenvalue weighted by molar-refractivity contribution is -0.385. The maximum absolute atomic E-state index is 12.8. The van der Waals surface area contributed by atoms with Gasteiger partial charge in [-0.3, -0.25) is 14.9 Å². The van der Waals surface area contributed by atoms with Crippen LogP contribution in [0.1, 0.15) is 38.3 Å². The molecule has 1 N–H and O–H groups in total. The molecule has 1 aromatic rings. The van der Waals surface area contributed by atoms with E-state index in [9.17, 15) is 19.7 Å². The number of para-hydroxylation sites is 1. The van der Waals surface area contributed by atoms with E-state index in [0.29, 0.717) is 29.7 Å². The quantitative estimate of drug-likeness (QED) is 0.667. The summed E-state index contributed by atoms with van der Waals surface area (Å²) in [6.07, 6.45) is 0.932. The molecule has 2 amide bonds. The summed E-state index contributed by atoms with van der Waals surface area (Å²) < 4.78 is 0. The van der Waals surface area contributed by atoms with E-state index < -0.39 is 11.0 Å². The molecule has 0 aromatic heterocycles. The van der Waals surface area contributed by atoms with E-state index in [1.54, 1.807) is 25.2 Å². The lowest BCUT2D eigenvalue weighted by Gasteiger charge is -2.41. The molecule has 1 aliphatic carbocycles. The molecular formula is C17H19N3O4. The number of nitro benzene ring substituents is 1. The molecule has 1 aliphatic heterocycles. The lowest BCUT2D eigenvalue weighted by atomic mass is 9.72. The minimum absolute atomic E-state index is 0.0729. The standard InChI is InChI=1S/C17H19N3O4/c1-17(2)8-12-14(13(21)9-17)15(18-16(22)19(12)3)10-6-4-5-7-11(10)20(23)24/h4-7,15H,8-9H2,1-3H3,(H,18,22)/t15-/m1/s1. The second kappa shape index (κ2) is 5.43. The van der Waals surface area contributed by atoms with Crippen molar-refractivity contribution in [3.05, 3.63) is 51.2 Å². The molecule has 126 valence electrons. The Morgan fingerprint density at radius 1 is 1.25 bits per heavy atom. The number of ketones is 1. The smallest absolute Gasteiger partial charge is 0.322 e. The van der Waals surface area contributed by atoms with E-state index >= 15 is 0 Å². The van der Waals surface area contributed by atoms with E-state index in [0.717, 1.165) is 0 Å². The average Bonchev–Trinajstić information content (AvgIpc) is 2.50. The molecule has 1 aromatic carbocycles. The van der Waals surface area contributed by atoms with Crippen LogP contribution < -0.4 is 5.32 Å². The van der Waals surface area contributed by atoms with Crippen LogP contribution in [-0.4, -0.2) is 28.7 Å². The van der Waals surface area contributed by atoms with E-state index in [4.69, 9.17) is 0 Å². The number of nitro groups is 1. The number of nitrogens with one attached hydrogen (secondary N) is 1. The van der Waals surface area contributed by atoms with Crippen LogP contribution >= 0.6 is 0 Å². The third kappa shape index (κ3) is 2.55. The lowest BCUT2D eigenvalue weighted by Crippen LogP contribution is -2.49. The maximum Gasteiger partial charge on any atom is 0.322 e. The van der Waals surface area contributed by atoms with Crippen molar-refractivity contribution in [1.29, 1.82) is 0 Å². The number of hydrogen-bond acceptors (Lipinski definition) is 4. The van der Waals surface area contributed by atoms with Gasteiger partial charge in [-0.2, -0.15) is 0 Å². The van der Waals surface area contributed by atoms with Crippen molar-refractivity contribution < 1.29 is 14.5 Å². The van der Waals surface area contributed by atoms with Gasteiger partial charge in [0.15, 0.2) is 5.78 Å². The van der Waals surface area contributed by atoms with Gasteiger partial charge in [0.1, 0.15) is 0 Å². The first-order chi connectivity index (χ1) is 11.2. The fourth-order valence-electron chi connectivity index (χ4n) is 3.47. The highest BCUT2D eigenvalue weighted by molar-refractivity contribution is 6.01. The Morgan fingerprint density at radius 3 is 2.58 bits per heavy atom. The monoisotopic (exact) mass is 329 g/mol. The van der Waals surface area contributed by atoms with Crippen LogP contribution in [0.15, 0.2) is 35.5 Å². The minimum Gasteiger partial charge on any atom is -0.326 e. The normalized spacial score (nSPS) is 23.0. The fourth-order valence-corrected chi connectivity index (χ4v) is 3.47. The van der Waals surface area contributed by atoms with Crippen molar-refractivity contribution in [2.75, 3.05) is 7.05 Å². The highest BCUT2D eigenvalue weighted by atomic mass is 16.6. The van der Waals surface area contributed by atoms with Crippen molar-refractivity contribution in [3.63, 3.8) is 0 Å². The number of Topliss-reactive ketones (excluding diaryl/α,β-unsaturated/α-hetero) is 1. The van der Waals surface area contributed by atoms with Crippen LogP contribution in [0.4, 0.5) is 10.5 Å². The number of nitrogens with zero attached hydrogens (tertiary/aromatic N) is 2. The highest BCUT2D eigenvalue weighted by Gasteiger charge is 2.44. The number of rotatable bonds is 2. The number of carbonyl (C=O) groups excluding carboxylic acids is 2. The van der Waals surface area contributed by atoms with Crippen molar-refractivity contribution in [3.8, 4) is 0 Å². The summed E-state index contributed by atoms with van der Waals surface area (Å²) >= 11 is 0. The number of carbonyl (C=O) groups is 2. The summed E-state index contributed by atoms with van der Waals surface area (Å²) in [5, 5.41) is 14.1. The number of urea groups is 1. The predicted molar refractivity (Wildman–Crippen MR) is 87.2 cm³/mol. The van der Waals surface area contributed by atoms with E-state index in [-0.39, 0.29) is 22.9 Å². The van der Waals surface area contributed by atoms with Gasteiger partial charge >= 0.3 is 6.03 Å². The molecule has 0 fully saturated rings. The first kappa shape index (κ1) is 16.2. The molecule has 7 nitrogen and oxygen atoms in total. The summed E-state index contributed by atoms with van der Waals surface area (Å²) in [6, 6.07) is 5.07. The summed E-state index contributed by atoms with van der Waals surface area (Å²) in [5.41, 5.74) is 1.12. The highest BCUT2D eigenvalue weighted by Crippen LogP contribution is 2.44. The molecular weight excluding hydrogens is 310 g/mol. The van der Waals surface area contributed by atoms with Crippen LogP contribution in [0.3, 0.4) is 0 Å². The molecule has 1 heterocycles. The van der Waals surface area contributed by atoms with Gasteiger partial charge in [-0.05, 0) is 17.9 Å². The van der Waals surface area contributed by atoms with Gasteiger partial charge in [-0.15, -0.1) is 0 Å². The molecule has 0 saturated carbocycles. The number of hydrogen-bond donors (Lipinski definition) is 1. The number of benzene rings is 1. The molecule has 0 unspecified atom stereocenters. The molecule has 2 aliphatic rings. The van der Waals surface area contributed by atoms with Gasteiger partial charge in [0, 0.05) is 30.8 Å². The Balaban J connectivity index is 2.19. The van der Waals surface area contributed by atoms with Crippen molar-refractivity contribution in [1.82, 2.24) is 10.2 Å². The molecule has 1 atom stereocenters. The average molecular weight is 329 g/mol. The van der Waals surface area contributed by atoms with Crippen LogP contribution in [0, 0.1) is 15.5 Å². The van der Waals surface area contributed by atoms with E-state index in [1.807, 2.05) is 13.8 Å². The summed E-state index contributed by atoms with van der Waals surface area (Å²) in [7, 11) is 1.62. The largest absolute Gasteiger partial charge is 0.326 e. The zero-order valence-corrected chi connectivity index (χ0v) is 13.8. The van der Waals surface area contributed by atoms with Gasteiger partial charge in [0.25, 0.3) is 5.69 Å². The molecule has 7 heteroatoms. The third-order valence-electron chi connectivity index (χ3n) is 4.61. The molecule has 0 spiro atoms. The SMILES string of the molecule is CN1C(=O)N[C@H](c2ccccc2[N+](=O)[O-])C2=C1CC(C)(C)CC2=O. The second-order valence-corrected chi connectivity index (χ2v) is 7.06. The predicted octanol–water partition coefficient (Wildman–Crippen LogP) is 2.93. The zero-order chi connectivity index (χ0) is 17.6. The van der Waals surface area contributed by atoms with Gasteiger partial charge in [0.05, 0.1) is 16.5 Å². The van der Waals surface area contributed by atoms with Crippen molar-refractivity contribution in [2.45, 2.75) is 32.7 Å². The van der Waals surface area contributed by atoms with Crippen molar-refractivity contribution >= 4 is 17.5 Å². The van der Waals surface area contributed by atoms with Crippen LogP contribution in [0.2, 0.25) is 0 Å². The second-order valence-electron chi connectivity index (χ2n) is 7.06.